The van der Waals surface area contributed by atoms with Crippen molar-refractivity contribution < 1.29 is 9.32 Å². The van der Waals surface area contributed by atoms with Crippen molar-refractivity contribution in [2.45, 2.75) is 45.6 Å². The fraction of sp³-hybridized carbons (Fsp3) is 0.400. The van der Waals surface area contributed by atoms with Crippen LogP contribution >= 0.6 is 0 Å². The van der Waals surface area contributed by atoms with Crippen LogP contribution in [0.4, 0.5) is 0 Å². The number of carbonyl (C=O) groups excluding carboxylic acids is 1. The lowest BCUT2D eigenvalue weighted by molar-refractivity contribution is -0.132. The molecule has 2 aromatic heterocycles. The number of aryl methyl sites for hydroxylation is 3. The van der Waals surface area contributed by atoms with E-state index in [2.05, 4.69) is 35.3 Å². The SMILES string of the molecule is Cc1cc([C@@H]2CCCN2C(=O)CCc2c[nH]c3c(C)cccc23)on1. The second-order valence-corrected chi connectivity index (χ2v) is 6.93. The van der Waals surface area contributed by atoms with E-state index in [0.29, 0.717) is 6.42 Å². The average molecular weight is 337 g/mol. The van der Waals surface area contributed by atoms with Crippen LogP contribution in [0.5, 0.6) is 0 Å². The Balaban J connectivity index is 1.47. The maximum absolute atomic E-state index is 12.8. The summed E-state index contributed by atoms with van der Waals surface area (Å²) in [5, 5.41) is 5.19. The number of rotatable bonds is 4. The van der Waals surface area contributed by atoms with E-state index in [1.54, 1.807) is 0 Å². The molecule has 1 N–H and O–H groups in total. The molecule has 0 unspecified atom stereocenters. The number of fused-ring (bicyclic) bond motifs is 1. The number of nitrogens with one attached hydrogen (secondary N) is 1. The maximum atomic E-state index is 12.8. The molecule has 1 saturated heterocycles. The molecule has 0 aliphatic carbocycles. The highest BCUT2D eigenvalue weighted by atomic mass is 16.5. The number of likely N-dealkylation sites (tertiary alicyclic amines) is 1. The summed E-state index contributed by atoms with van der Waals surface area (Å²) in [6, 6.07) is 8.27. The Morgan fingerprint density at radius 3 is 3.08 bits per heavy atom. The smallest absolute Gasteiger partial charge is 0.223 e. The molecule has 1 aromatic carbocycles. The van der Waals surface area contributed by atoms with Crippen LogP contribution in [0.25, 0.3) is 10.9 Å². The number of amides is 1. The van der Waals surface area contributed by atoms with Gasteiger partial charge in [-0.3, -0.25) is 4.79 Å². The van der Waals surface area contributed by atoms with Crippen LogP contribution in [0.1, 0.15) is 47.9 Å². The van der Waals surface area contributed by atoms with Gasteiger partial charge in [-0.25, -0.2) is 0 Å². The van der Waals surface area contributed by atoms with Crippen molar-refractivity contribution in [1.29, 1.82) is 0 Å². The lowest BCUT2D eigenvalue weighted by Crippen LogP contribution is -2.30. The Morgan fingerprint density at radius 2 is 2.28 bits per heavy atom. The lowest BCUT2D eigenvalue weighted by Gasteiger charge is -2.22. The van der Waals surface area contributed by atoms with Crippen LogP contribution in [0.3, 0.4) is 0 Å². The predicted molar refractivity (Wildman–Crippen MR) is 96.3 cm³/mol. The summed E-state index contributed by atoms with van der Waals surface area (Å²) < 4.78 is 5.40. The van der Waals surface area contributed by atoms with Gasteiger partial charge in [0.05, 0.1) is 11.7 Å². The van der Waals surface area contributed by atoms with Crippen molar-refractivity contribution >= 4 is 16.8 Å². The van der Waals surface area contributed by atoms with E-state index in [9.17, 15) is 4.79 Å². The molecule has 25 heavy (non-hydrogen) atoms. The zero-order chi connectivity index (χ0) is 17.4. The third-order valence-electron chi connectivity index (χ3n) is 5.17. The van der Waals surface area contributed by atoms with E-state index in [1.807, 2.05) is 24.1 Å². The molecule has 1 atom stereocenters. The molecule has 5 nitrogen and oxygen atoms in total. The Bertz CT molecular complexity index is 909. The molecular weight excluding hydrogens is 314 g/mol. The van der Waals surface area contributed by atoms with Gasteiger partial charge in [0.1, 0.15) is 0 Å². The van der Waals surface area contributed by atoms with Gasteiger partial charge in [-0.1, -0.05) is 23.4 Å². The molecule has 3 aromatic rings. The highest BCUT2D eigenvalue weighted by Crippen LogP contribution is 2.33. The summed E-state index contributed by atoms with van der Waals surface area (Å²) in [5.74, 6) is 1.00. The normalized spacial score (nSPS) is 17.5. The molecule has 4 rings (SSSR count). The van der Waals surface area contributed by atoms with Gasteiger partial charge in [-0.05, 0) is 44.2 Å². The van der Waals surface area contributed by atoms with Crippen LogP contribution in [0.2, 0.25) is 0 Å². The largest absolute Gasteiger partial charge is 0.361 e. The van der Waals surface area contributed by atoms with Crippen LogP contribution in [-0.4, -0.2) is 27.5 Å². The number of benzene rings is 1. The Kier molecular flexibility index (Phi) is 4.07. The second-order valence-electron chi connectivity index (χ2n) is 6.93. The molecule has 0 bridgehead atoms. The first-order valence-electron chi connectivity index (χ1n) is 8.92. The Morgan fingerprint density at radius 1 is 1.40 bits per heavy atom. The minimum atomic E-state index is 0.0407. The molecule has 0 saturated carbocycles. The number of hydrogen-bond acceptors (Lipinski definition) is 3. The van der Waals surface area contributed by atoms with Gasteiger partial charge < -0.3 is 14.4 Å². The standard InChI is InChI=1S/C20H23N3O2/c1-13-5-3-6-16-15(12-21-20(13)16)8-9-19(24)23-10-4-7-17(23)18-11-14(2)22-25-18/h3,5-6,11-12,17,21H,4,7-10H2,1-2H3/t17-/m0/s1. The van der Waals surface area contributed by atoms with Crippen LogP contribution in [0, 0.1) is 13.8 Å². The lowest BCUT2D eigenvalue weighted by atomic mass is 10.1. The Labute approximate surface area is 147 Å². The van der Waals surface area contributed by atoms with Gasteiger partial charge in [0.15, 0.2) is 5.76 Å². The van der Waals surface area contributed by atoms with Crippen molar-refractivity contribution in [3.05, 3.63) is 53.0 Å². The van der Waals surface area contributed by atoms with Crippen molar-refractivity contribution in [2.75, 3.05) is 6.54 Å². The Hall–Kier alpha value is -2.56. The third-order valence-corrected chi connectivity index (χ3v) is 5.17. The number of carbonyl (C=O) groups is 1. The van der Waals surface area contributed by atoms with E-state index >= 15 is 0 Å². The minimum Gasteiger partial charge on any atom is -0.361 e. The van der Waals surface area contributed by atoms with Crippen LogP contribution in [0.15, 0.2) is 35.0 Å². The zero-order valence-corrected chi connectivity index (χ0v) is 14.7. The molecule has 0 radical (unpaired) electrons. The van der Waals surface area contributed by atoms with Crippen molar-refractivity contribution in [3.8, 4) is 0 Å². The second kappa shape index (κ2) is 6.39. The molecular formula is C20H23N3O2. The number of nitrogens with zero attached hydrogens (tertiary/aromatic N) is 2. The minimum absolute atomic E-state index is 0.0407. The molecule has 1 aliphatic heterocycles. The average Bonchev–Trinajstić information content (AvgIpc) is 3.32. The van der Waals surface area contributed by atoms with Gasteiger partial charge in [0, 0.05) is 36.1 Å². The number of aromatic nitrogens is 2. The first-order valence-corrected chi connectivity index (χ1v) is 8.92. The molecule has 1 aliphatic rings. The topological polar surface area (TPSA) is 62.1 Å². The number of H-pyrrole nitrogens is 1. The predicted octanol–water partition coefficient (Wildman–Crippen LogP) is 4.07. The number of hydrogen-bond donors (Lipinski definition) is 1. The molecule has 1 amide bonds. The zero-order valence-electron chi connectivity index (χ0n) is 14.7. The van der Waals surface area contributed by atoms with E-state index in [-0.39, 0.29) is 11.9 Å². The monoisotopic (exact) mass is 337 g/mol. The van der Waals surface area contributed by atoms with E-state index < -0.39 is 0 Å². The highest BCUT2D eigenvalue weighted by molar-refractivity contribution is 5.86. The van der Waals surface area contributed by atoms with Crippen molar-refractivity contribution in [1.82, 2.24) is 15.0 Å². The van der Waals surface area contributed by atoms with E-state index in [0.717, 1.165) is 37.3 Å². The summed E-state index contributed by atoms with van der Waals surface area (Å²) in [6.45, 7) is 4.81. The summed E-state index contributed by atoms with van der Waals surface area (Å²) in [6.07, 6.45) is 5.27. The van der Waals surface area contributed by atoms with Crippen LogP contribution < -0.4 is 0 Å². The molecule has 130 valence electrons. The molecule has 5 heteroatoms. The van der Waals surface area contributed by atoms with Gasteiger partial charge in [0.2, 0.25) is 5.91 Å². The van der Waals surface area contributed by atoms with Gasteiger partial charge in [-0.15, -0.1) is 0 Å². The highest BCUT2D eigenvalue weighted by Gasteiger charge is 2.32. The molecule has 3 heterocycles. The van der Waals surface area contributed by atoms with E-state index in [4.69, 9.17) is 4.52 Å². The van der Waals surface area contributed by atoms with Gasteiger partial charge in [0.25, 0.3) is 0 Å². The number of para-hydroxylation sites is 1. The number of aromatic amines is 1. The van der Waals surface area contributed by atoms with E-state index in [1.165, 1.54) is 22.0 Å². The molecule has 1 fully saturated rings. The van der Waals surface area contributed by atoms with Crippen molar-refractivity contribution in [3.63, 3.8) is 0 Å². The van der Waals surface area contributed by atoms with Gasteiger partial charge >= 0.3 is 0 Å². The van der Waals surface area contributed by atoms with Crippen molar-refractivity contribution in [2.24, 2.45) is 0 Å². The first-order chi connectivity index (χ1) is 12.1. The van der Waals surface area contributed by atoms with Gasteiger partial charge in [-0.2, -0.15) is 0 Å². The summed E-state index contributed by atoms with van der Waals surface area (Å²) in [7, 11) is 0. The molecule has 0 spiro atoms. The summed E-state index contributed by atoms with van der Waals surface area (Å²) in [4.78, 5) is 18.1. The van der Waals surface area contributed by atoms with Crippen LogP contribution in [-0.2, 0) is 11.2 Å². The fourth-order valence-corrected chi connectivity index (χ4v) is 3.86. The third kappa shape index (κ3) is 2.95. The quantitative estimate of drug-likeness (QED) is 0.780. The fourth-order valence-electron chi connectivity index (χ4n) is 3.86. The first kappa shape index (κ1) is 15.9. The maximum Gasteiger partial charge on any atom is 0.223 e. The summed E-state index contributed by atoms with van der Waals surface area (Å²) >= 11 is 0. The summed E-state index contributed by atoms with van der Waals surface area (Å²) in [5.41, 5.74) is 4.47.